The number of esters is 1. The number of hydrogen-bond acceptors (Lipinski definition) is 7. The van der Waals surface area contributed by atoms with Gasteiger partial charge < -0.3 is 23.9 Å². The summed E-state index contributed by atoms with van der Waals surface area (Å²) < 4.78 is 22.0. The van der Waals surface area contributed by atoms with Gasteiger partial charge in [0.05, 0.1) is 25.7 Å². The van der Waals surface area contributed by atoms with Gasteiger partial charge in [-0.15, -0.1) is 0 Å². The second-order valence-corrected chi connectivity index (χ2v) is 7.53. The van der Waals surface area contributed by atoms with Crippen molar-refractivity contribution in [2.24, 2.45) is 0 Å². The number of furan rings is 1. The van der Waals surface area contributed by atoms with Gasteiger partial charge in [-0.25, -0.2) is 4.79 Å². The Kier molecular flexibility index (Phi) is 5.84. The SMILES string of the molecule is COC(=O)C1=C(C)NC2=C(C(=O)CCC2)[C@H]1c1ccc(COc2ccc(OC)cc2)o1. The maximum Gasteiger partial charge on any atom is 0.336 e. The minimum Gasteiger partial charge on any atom is -0.497 e. The van der Waals surface area contributed by atoms with Gasteiger partial charge in [0.25, 0.3) is 0 Å². The van der Waals surface area contributed by atoms with Gasteiger partial charge >= 0.3 is 5.97 Å². The first-order valence-electron chi connectivity index (χ1n) is 10.2. The number of hydrogen-bond donors (Lipinski definition) is 1. The number of ether oxygens (including phenoxy) is 3. The quantitative estimate of drug-likeness (QED) is 0.703. The molecule has 2 aliphatic rings. The molecule has 1 aromatic heterocycles. The normalized spacial score (nSPS) is 18.4. The van der Waals surface area contributed by atoms with Crippen LogP contribution in [0.3, 0.4) is 0 Å². The minimum absolute atomic E-state index is 0.0279. The zero-order valence-electron chi connectivity index (χ0n) is 17.8. The van der Waals surface area contributed by atoms with E-state index < -0.39 is 11.9 Å². The number of Topliss-reactive ketones (excluding diaryl/α,β-unsaturated/α-hetero) is 1. The molecule has 7 heteroatoms. The molecule has 0 saturated heterocycles. The number of carbonyl (C=O) groups excluding carboxylic acids is 2. The maximum absolute atomic E-state index is 12.8. The zero-order valence-corrected chi connectivity index (χ0v) is 17.8. The van der Waals surface area contributed by atoms with Crippen molar-refractivity contribution in [3.05, 3.63) is 70.5 Å². The minimum atomic E-state index is -0.591. The predicted octanol–water partition coefficient (Wildman–Crippen LogP) is 4.01. The summed E-state index contributed by atoms with van der Waals surface area (Å²) in [5.74, 6) is 1.50. The lowest BCUT2D eigenvalue weighted by Crippen LogP contribution is -2.34. The summed E-state index contributed by atoms with van der Waals surface area (Å²) in [5.41, 5.74) is 2.53. The molecular weight excluding hydrogens is 398 g/mol. The molecule has 31 heavy (non-hydrogen) atoms. The number of allylic oxidation sites excluding steroid dienone is 3. The third-order valence-corrected chi connectivity index (χ3v) is 5.59. The lowest BCUT2D eigenvalue weighted by molar-refractivity contribution is -0.136. The molecule has 2 heterocycles. The Labute approximate surface area is 180 Å². The monoisotopic (exact) mass is 423 g/mol. The van der Waals surface area contributed by atoms with Crippen molar-refractivity contribution in [2.45, 2.75) is 38.7 Å². The summed E-state index contributed by atoms with van der Waals surface area (Å²) >= 11 is 0. The second kappa shape index (κ2) is 8.71. The Morgan fingerprint density at radius 3 is 2.55 bits per heavy atom. The molecule has 0 fully saturated rings. The summed E-state index contributed by atoms with van der Waals surface area (Å²) in [6, 6.07) is 10.9. The molecule has 2 aromatic rings. The molecule has 0 saturated carbocycles. The Morgan fingerprint density at radius 1 is 1.10 bits per heavy atom. The Morgan fingerprint density at radius 2 is 1.84 bits per heavy atom. The summed E-state index contributed by atoms with van der Waals surface area (Å²) in [5, 5.41) is 3.24. The first-order valence-corrected chi connectivity index (χ1v) is 10.2. The van der Waals surface area contributed by atoms with Crippen LogP contribution >= 0.6 is 0 Å². The first kappa shape index (κ1) is 20.8. The highest BCUT2D eigenvalue weighted by molar-refractivity contribution is 6.03. The fourth-order valence-corrected chi connectivity index (χ4v) is 4.10. The van der Waals surface area contributed by atoms with E-state index in [1.54, 1.807) is 19.2 Å². The maximum atomic E-state index is 12.8. The van der Waals surface area contributed by atoms with E-state index in [4.69, 9.17) is 18.6 Å². The molecule has 0 unspecified atom stereocenters. The van der Waals surface area contributed by atoms with Crippen LogP contribution in [0.5, 0.6) is 11.5 Å². The summed E-state index contributed by atoms with van der Waals surface area (Å²) in [6.07, 6.45) is 2.01. The molecule has 1 aliphatic carbocycles. The Hall–Kier alpha value is -3.48. The van der Waals surface area contributed by atoms with Crippen molar-refractivity contribution >= 4 is 11.8 Å². The molecular formula is C24H25NO6. The van der Waals surface area contributed by atoms with E-state index in [-0.39, 0.29) is 12.4 Å². The fourth-order valence-electron chi connectivity index (χ4n) is 4.10. The zero-order chi connectivity index (χ0) is 22.0. The second-order valence-electron chi connectivity index (χ2n) is 7.53. The van der Waals surface area contributed by atoms with E-state index in [0.717, 1.165) is 24.3 Å². The van der Waals surface area contributed by atoms with E-state index in [9.17, 15) is 9.59 Å². The van der Waals surface area contributed by atoms with Crippen LogP contribution in [0.2, 0.25) is 0 Å². The molecule has 0 amide bonds. The molecule has 1 aliphatic heterocycles. The van der Waals surface area contributed by atoms with Crippen molar-refractivity contribution in [1.82, 2.24) is 5.32 Å². The Bertz CT molecular complexity index is 1060. The lowest BCUT2D eigenvalue weighted by Gasteiger charge is -2.32. The van der Waals surface area contributed by atoms with E-state index in [0.29, 0.717) is 40.5 Å². The van der Waals surface area contributed by atoms with Gasteiger partial charge in [0.15, 0.2) is 5.78 Å². The van der Waals surface area contributed by atoms with Gasteiger partial charge in [-0.1, -0.05) is 0 Å². The molecule has 0 bridgehead atoms. The molecule has 1 N–H and O–H groups in total. The van der Waals surface area contributed by atoms with Crippen molar-refractivity contribution in [3.63, 3.8) is 0 Å². The number of methoxy groups -OCH3 is 2. The molecule has 0 spiro atoms. The summed E-state index contributed by atoms with van der Waals surface area (Å²) in [4.78, 5) is 25.4. The molecule has 4 rings (SSSR count). The van der Waals surface area contributed by atoms with Gasteiger partial charge in [0.2, 0.25) is 0 Å². The largest absolute Gasteiger partial charge is 0.497 e. The van der Waals surface area contributed by atoms with E-state index >= 15 is 0 Å². The Balaban J connectivity index is 1.61. The van der Waals surface area contributed by atoms with Crippen LogP contribution in [0, 0.1) is 0 Å². The third-order valence-electron chi connectivity index (χ3n) is 5.59. The van der Waals surface area contributed by atoms with Crippen LogP contribution in [0.15, 0.2) is 63.4 Å². The molecule has 7 nitrogen and oxygen atoms in total. The topological polar surface area (TPSA) is 87.0 Å². The smallest absolute Gasteiger partial charge is 0.336 e. The highest BCUT2D eigenvalue weighted by Gasteiger charge is 2.40. The van der Waals surface area contributed by atoms with E-state index in [1.165, 1.54) is 7.11 Å². The van der Waals surface area contributed by atoms with Crippen LogP contribution in [-0.4, -0.2) is 26.0 Å². The number of dihydropyridines is 1. The highest BCUT2D eigenvalue weighted by Crippen LogP contribution is 2.43. The molecule has 0 radical (unpaired) electrons. The van der Waals surface area contributed by atoms with Gasteiger partial charge in [-0.3, -0.25) is 4.79 Å². The third kappa shape index (κ3) is 4.08. The number of carbonyl (C=O) groups is 2. The van der Waals surface area contributed by atoms with Crippen molar-refractivity contribution < 1.29 is 28.2 Å². The van der Waals surface area contributed by atoms with Gasteiger partial charge in [0.1, 0.15) is 29.6 Å². The van der Waals surface area contributed by atoms with Crippen LogP contribution < -0.4 is 14.8 Å². The average molecular weight is 423 g/mol. The van der Waals surface area contributed by atoms with E-state index in [1.807, 2.05) is 31.2 Å². The predicted molar refractivity (Wildman–Crippen MR) is 113 cm³/mol. The fraction of sp³-hybridized carbons (Fsp3) is 0.333. The van der Waals surface area contributed by atoms with Crippen molar-refractivity contribution in [3.8, 4) is 11.5 Å². The highest BCUT2D eigenvalue weighted by atomic mass is 16.5. The number of ketones is 1. The average Bonchev–Trinajstić information content (AvgIpc) is 3.25. The number of nitrogens with one attached hydrogen (secondary N) is 1. The number of rotatable bonds is 6. The standard InChI is InChI=1S/C24H25NO6/c1-14-21(24(27)29-3)23(22-18(25-14)5-4-6-19(22)26)20-12-11-17(31-20)13-30-16-9-7-15(28-2)8-10-16/h7-12,23,25H,4-6,13H2,1-3H3/t23-/m0/s1. The first-order chi connectivity index (χ1) is 15.0. The molecule has 1 atom stereocenters. The summed E-state index contributed by atoms with van der Waals surface area (Å²) in [7, 11) is 2.94. The van der Waals surface area contributed by atoms with Gasteiger partial charge in [0, 0.05) is 23.4 Å². The van der Waals surface area contributed by atoms with Crippen LogP contribution in [0.1, 0.15) is 43.6 Å². The van der Waals surface area contributed by atoms with Gasteiger partial charge in [-0.2, -0.15) is 0 Å². The lowest BCUT2D eigenvalue weighted by atomic mass is 9.77. The molecule has 1 aromatic carbocycles. The van der Waals surface area contributed by atoms with Crippen molar-refractivity contribution in [1.29, 1.82) is 0 Å². The van der Waals surface area contributed by atoms with Gasteiger partial charge in [-0.05, 0) is 56.2 Å². The van der Waals surface area contributed by atoms with Crippen molar-refractivity contribution in [2.75, 3.05) is 14.2 Å². The summed E-state index contributed by atoms with van der Waals surface area (Å²) in [6.45, 7) is 2.03. The van der Waals surface area contributed by atoms with Crippen LogP contribution in [0.25, 0.3) is 0 Å². The number of benzene rings is 1. The van der Waals surface area contributed by atoms with Crippen LogP contribution in [-0.2, 0) is 20.9 Å². The van der Waals surface area contributed by atoms with Crippen LogP contribution in [0.4, 0.5) is 0 Å². The van der Waals surface area contributed by atoms with E-state index in [2.05, 4.69) is 5.32 Å². The molecule has 162 valence electrons.